The molecule has 2 amide bonds. The van der Waals surface area contributed by atoms with Gasteiger partial charge in [-0.25, -0.2) is 0 Å². The van der Waals surface area contributed by atoms with Gasteiger partial charge in [-0.05, 0) is 50.1 Å². The van der Waals surface area contributed by atoms with Crippen molar-refractivity contribution in [1.82, 2.24) is 20.9 Å². The summed E-state index contributed by atoms with van der Waals surface area (Å²) in [6.45, 7) is 3.00. The van der Waals surface area contributed by atoms with E-state index in [1.54, 1.807) is 24.5 Å². The number of piperidine rings is 1. The van der Waals surface area contributed by atoms with E-state index in [0.29, 0.717) is 18.0 Å². The Hall–Kier alpha value is -2.15. The molecule has 0 saturated carbocycles. The van der Waals surface area contributed by atoms with E-state index in [-0.39, 0.29) is 42.7 Å². The molecule has 0 radical (unpaired) electrons. The number of hydrogen-bond acceptors (Lipinski definition) is 4. The highest BCUT2D eigenvalue weighted by atomic mass is 35.5. The van der Waals surface area contributed by atoms with Gasteiger partial charge in [-0.3, -0.25) is 14.6 Å². The van der Waals surface area contributed by atoms with Crippen molar-refractivity contribution in [3.63, 3.8) is 0 Å². The average molecular weight is 439 g/mol. The Morgan fingerprint density at radius 2 is 1.93 bits per heavy atom. The minimum Gasteiger partial charge on any atom is -0.351 e. The Labute approximate surface area is 184 Å². The molecule has 3 unspecified atom stereocenters. The van der Waals surface area contributed by atoms with Crippen LogP contribution in [0.5, 0.6) is 0 Å². The third-order valence-electron chi connectivity index (χ3n) is 4.79. The van der Waals surface area contributed by atoms with Crippen LogP contribution in [0.4, 0.5) is 0 Å². The highest BCUT2D eigenvalue weighted by molar-refractivity contribution is 5.97. The third-order valence-corrected chi connectivity index (χ3v) is 4.79. The van der Waals surface area contributed by atoms with Crippen LogP contribution in [0.3, 0.4) is 0 Å². The Kier molecular flexibility index (Phi) is 10.7. The second-order valence-corrected chi connectivity index (χ2v) is 7.04. The fourth-order valence-electron chi connectivity index (χ4n) is 3.36. The monoisotopic (exact) mass is 438 g/mol. The number of rotatable bonds is 6. The summed E-state index contributed by atoms with van der Waals surface area (Å²) in [5.41, 5.74) is 1.45. The molecule has 1 aromatic carbocycles. The van der Waals surface area contributed by atoms with Crippen LogP contribution >= 0.6 is 24.8 Å². The predicted molar refractivity (Wildman–Crippen MR) is 119 cm³/mol. The van der Waals surface area contributed by atoms with Crippen molar-refractivity contribution in [2.24, 2.45) is 0 Å². The van der Waals surface area contributed by atoms with Crippen LogP contribution in [-0.2, 0) is 11.2 Å². The SMILES string of the molecule is CC1CC(NC(=O)C(Cc2cccnc2)NC(=O)c2ccccc2)CCN1.Cl.Cl. The number of carbonyl (C=O) groups excluding carboxylic acids is 2. The lowest BCUT2D eigenvalue weighted by Crippen LogP contribution is -2.53. The van der Waals surface area contributed by atoms with E-state index in [4.69, 9.17) is 0 Å². The molecule has 3 atom stereocenters. The average Bonchev–Trinajstić information content (AvgIpc) is 2.69. The van der Waals surface area contributed by atoms with Crippen LogP contribution in [-0.4, -0.2) is 41.5 Å². The first-order valence-electron chi connectivity index (χ1n) is 9.40. The smallest absolute Gasteiger partial charge is 0.251 e. The summed E-state index contributed by atoms with van der Waals surface area (Å²) in [7, 11) is 0. The standard InChI is InChI=1S/C21H26N4O2.2ClH/c1-15-12-18(9-11-23-15)24-21(27)19(13-16-6-5-10-22-14-16)25-20(26)17-7-3-2-4-8-17;;/h2-8,10,14-15,18-19,23H,9,11-13H2,1H3,(H,24,27)(H,25,26);2*1H. The maximum atomic E-state index is 12.9. The summed E-state index contributed by atoms with van der Waals surface area (Å²) in [5, 5.41) is 9.38. The molecule has 6 nitrogen and oxygen atoms in total. The highest BCUT2D eigenvalue weighted by Crippen LogP contribution is 2.10. The summed E-state index contributed by atoms with van der Waals surface area (Å²) in [4.78, 5) is 29.6. The predicted octanol–water partition coefficient (Wildman–Crippen LogP) is 2.52. The van der Waals surface area contributed by atoms with Gasteiger partial charge in [-0.2, -0.15) is 0 Å². The van der Waals surface area contributed by atoms with Gasteiger partial charge in [-0.1, -0.05) is 24.3 Å². The van der Waals surface area contributed by atoms with Gasteiger partial charge in [0.1, 0.15) is 6.04 Å². The summed E-state index contributed by atoms with van der Waals surface area (Å²) < 4.78 is 0. The molecule has 1 saturated heterocycles. The van der Waals surface area contributed by atoms with E-state index in [2.05, 4.69) is 27.9 Å². The first kappa shape index (κ1) is 24.9. The summed E-state index contributed by atoms with van der Waals surface area (Å²) in [6, 6.07) is 12.5. The van der Waals surface area contributed by atoms with Crippen molar-refractivity contribution in [2.45, 2.75) is 44.3 Å². The zero-order chi connectivity index (χ0) is 19.1. The molecule has 2 aromatic rings. The van der Waals surface area contributed by atoms with Crippen LogP contribution in [0, 0.1) is 0 Å². The minimum atomic E-state index is -0.646. The van der Waals surface area contributed by atoms with Crippen LogP contribution in [0.1, 0.15) is 35.7 Å². The van der Waals surface area contributed by atoms with Crippen molar-refractivity contribution in [2.75, 3.05) is 6.54 Å². The van der Waals surface area contributed by atoms with Crippen LogP contribution < -0.4 is 16.0 Å². The van der Waals surface area contributed by atoms with E-state index in [1.807, 2.05) is 30.3 Å². The third kappa shape index (κ3) is 7.65. The lowest BCUT2D eigenvalue weighted by atomic mass is 9.99. The van der Waals surface area contributed by atoms with Crippen LogP contribution in [0.15, 0.2) is 54.9 Å². The number of pyridine rings is 1. The molecule has 158 valence electrons. The zero-order valence-corrected chi connectivity index (χ0v) is 18.0. The lowest BCUT2D eigenvalue weighted by Gasteiger charge is -2.30. The molecule has 2 heterocycles. The number of amides is 2. The van der Waals surface area contributed by atoms with Crippen LogP contribution in [0.25, 0.3) is 0 Å². The molecule has 3 N–H and O–H groups in total. The highest BCUT2D eigenvalue weighted by Gasteiger charge is 2.26. The maximum absolute atomic E-state index is 12.9. The van der Waals surface area contributed by atoms with Crippen molar-refractivity contribution in [3.05, 3.63) is 66.0 Å². The molecule has 0 bridgehead atoms. The van der Waals surface area contributed by atoms with Crippen LogP contribution in [0.2, 0.25) is 0 Å². The van der Waals surface area contributed by atoms with Gasteiger partial charge < -0.3 is 16.0 Å². The summed E-state index contributed by atoms with van der Waals surface area (Å²) >= 11 is 0. The van der Waals surface area contributed by atoms with E-state index in [0.717, 1.165) is 24.9 Å². The number of aromatic nitrogens is 1. The Bertz CT molecular complexity index is 762. The normalized spacial score (nSPS) is 19.1. The minimum absolute atomic E-state index is 0. The molecule has 1 aliphatic rings. The first-order valence-corrected chi connectivity index (χ1v) is 9.40. The second-order valence-electron chi connectivity index (χ2n) is 7.04. The molecule has 1 fully saturated rings. The van der Waals surface area contributed by atoms with Gasteiger partial charge in [0.15, 0.2) is 0 Å². The second kappa shape index (κ2) is 12.4. The van der Waals surface area contributed by atoms with E-state index in [1.165, 1.54) is 0 Å². The molecule has 0 spiro atoms. The molecule has 8 heteroatoms. The lowest BCUT2D eigenvalue weighted by molar-refractivity contribution is -0.123. The van der Waals surface area contributed by atoms with Crippen molar-refractivity contribution in [3.8, 4) is 0 Å². The molecular weight excluding hydrogens is 411 g/mol. The number of halogens is 2. The van der Waals surface area contributed by atoms with Gasteiger partial charge >= 0.3 is 0 Å². The molecule has 1 aliphatic heterocycles. The van der Waals surface area contributed by atoms with E-state index in [9.17, 15) is 9.59 Å². The number of benzene rings is 1. The van der Waals surface area contributed by atoms with Gasteiger partial charge in [0, 0.05) is 36.5 Å². The molecular formula is C21H28Cl2N4O2. The Balaban J connectivity index is 0.00000210. The number of carbonyl (C=O) groups is 2. The van der Waals surface area contributed by atoms with E-state index < -0.39 is 6.04 Å². The fraction of sp³-hybridized carbons (Fsp3) is 0.381. The van der Waals surface area contributed by atoms with Crippen molar-refractivity contribution in [1.29, 1.82) is 0 Å². The van der Waals surface area contributed by atoms with Gasteiger partial charge in [0.05, 0.1) is 0 Å². The molecule has 1 aromatic heterocycles. The topological polar surface area (TPSA) is 83.1 Å². The maximum Gasteiger partial charge on any atom is 0.251 e. The van der Waals surface area contributed by atoms with Crippen molar-refractivity contribution >= 4 is 36.6 Å². The molecule has 0 aliphatic carbocycles. The van der Waals surface area contributed by atoms with Gasteiger partial charge in [0.2, 0.25) is 5.91 Å². The Morgan fingerprint density at radius 1 is 1.17 bits per heavy atom. The molecule has 3 rings (SSSR count). The summed E-state index contributed by atoms with van der Waals surface area (Å²) in [5.74, 6) is -0.402. The molecule has 29 heavy (non-hydrogen) atoms. The zero-order valence-electron chi connectivity index (χ0n) is 16.3. The van der Waals surface area contributed by atoms with E-state index >= 15 is 0 Å². The van der Waals surface area contributed by atoms with Gasteiger partial charge in [-0.15, -0.1) is 24.8 Å². The summed E-state index contributed by atoms with van der Waals surface area (Å²) in [6.07, 6.45) is 5.60. The Morgan fingerprint density at radius 3 is 2.59 bits per heavy atom. The number of nitrogens with one attached hydrogen (secondary N) is 3. The fourth-order valence-corrected chi connectivity index (χ4v) is 3.36. The largest absolute Gasteiger partial charge is 0.351 e. The quantitative estimate of drug-likeness (QED) is 0.646. The number of hydrogen-bond donors (Lipinski definition) is 3. The van der Waals surface area contributed by atoms with Crippen molar-refractivity contribution < 1.29 is 9.59 Å². The number of nitrogens with zero attached hydrogens (tertiary/aromatic N) is 1. The van der Waals surface area contributed by atoms with Gasteiger partial charge in [0.25, 0.3) is 5.91 Å². The first-order chi connectivity index (χ1) is 13.1.